The lowest BCUT2D eigenvalue weighted by Gasteiger charge is -2.31. The van der Waals surface area contributed by atoms with Gasteiger partial charge in [-0.25, -0.2) is 8.42 Å². The van der Waals surface area contributed by atoms with Crippen LogP contribution in [-0.2, 0) is 23.0 Å². The van der Waals surface area contributed by atoms with Gasteiger partial charge in [0.05, 0.1) is 11.8 Å². The predicted octanol–water partition coefficient (Wildman–Crippen LogP) is -0.555. The number of rotatable bonds is 2. The SMILES string of the molecule is CS(=O)(=O)N1CCc2c(cncc2C(=O)N2CCNCC2)C1. The minimum Gasteiger partial charge on any atom is -0.336 e. The number of carbonyl (C=O) groups excluding carboxylic acids is 1. The van der Waals surface area contributed by atoms with Gasteiger partial charge in [-0.15, -0.1) is 0 Å². The number of hydrogen-bond acceptors (Lipinski definition) is 5. The van der Waals surface area contributed by atoms with E-state index in [0.29, 0.717) is 38.2 Å². The highest BCUT2D eigenvalue weighted by Gasteiger charge is 2.28. The molecule has 22 heavy (non-hydrogen) atoms. The first-order valence-electron chi connectivity index (χ1n) is 7.37. The Kier molecular flexibility index (Phi) is 4.16. The van der Waals surface area contributed by atoms with E-state index in [-0.39, 0.29) is 5.91 Å². The standard InChI is InChI=1S/C14H20N4O3S/c1-22(20,21)18-5-2-12-11(10-18)8-16-9-13(12)14(19)17-6-3-15-4-7-17/h8-9,15H,2-7,10H2,1H3. The normalized spacial score (nSPS) is 19.8. The molecule has 1 aromatic heterocycles. The third-order valence-electron chi connectivity index (χ3n) is 4.21. The Morgan fingerprint density at radius 1 is 1.23 bits per heavy atom. The quantitative estimate of drug-likeness (QED) is 0.789. The van der Waals surface area contributed by atoms with Crippen LogP contribution in [-0.4, -0.2) is 67.5 Å². The molecule has 1 aromatic rings. The first kappa shape index (κ1) is 15.4. The van der Waals surface area contributed by atoms with Crippen molar-refractivity contribution in [2.75, 3.05) is 39.0 Å². The van der Waals surface area contributed by atoms with Crippen LogP contribution in [0.25, 0.3) is 0 Å². The summed E-state index contributed by atoms with van der Waals surface area (Å²) in [7, 11) is -3.22. The number of hydrogen-bond donors (Lipinski definition) is 1. The second-order valence-electron chi connectivity index (χ2n) is 5.71. The van der Waals surface area contributed by atoms with Crippen LogP contribution in [0.4, 0.5) is 0 Å². The van der Waals surface area contributed by atoms with Gasteiger partial charge in [-0.05, 0) is 17.5 Å². The molecule has 2 aliphatic rings. The van der Waals surface area contributed by atoms with Gasteiger partial charge >= 0.3 is 0 Å². The molecule has 0 bridgehead atoms. The average Bonchev–Trinajstić information content (AvgIpc) is 2.53. The molecule has 3 heterocycles. The molecule has 3 rings (SSSR count). The molecule has 2 aliphatic heterocycles. The van der Waals surface area contributed by atoms with Crippen molar-refractivity contribution < 1.29 is 13.2 Å². The monoisotopic (exact) mass is 324 g/mol. The zero-order valence-electron chi connectivity index (χ0n) is 12.6. The average molecular weight is 324 g/mol. The highest BCUT2D eigenvalue weighted by Crippen LogP contribution is 2.24. The number of sulfonamides is 1. The Morgan fingerprint density at radius 3 is 2.64 bits per heavy atom. The lowest BCUT2D eigenvalue weighted by molar-refractivity contribution is 0.0733. The van der Waals surface area contributed by atoms with Gasteiger partial charge < -0.3 is 10.2 Å². The minimum atomic E-state index is -3.22. The summed E-state index contributed by atoms with van der Waals surface area (Å²) in [6.07, 6.45) is 5.04. The van der Waals surface area contributed by atoms with Crippen molar-refractivity contribution >= 4 is 15.9 Å². The van der Waals surface area contributed by atoms with E-state index in [0.717, 1.165) is 24.2 Å². The topological polar surface area (TPSA) is 82.6 Å². The summed E-state index contributed by atoms with van der Waals surface area (Å²) in [5.74, 6) is -0.00124. The van der Waals surface area contributed by atoms with Crippen molar-refractivity contribution in [1.82, 2.24) is 19.5 Å². The van der Waals surface area contributed by atoms with Crippen LogP contribution < -0.4 is 5.32 Å². The van der Waals surface area contributed by atoms with Crippen LogP contribution in [0.3, 0.4) is 0 Å². The molecule has 120 valence electrons. The summed E-state index contributed by atoms with van der Waals surface area (Å²) >= 11 is 0. The predicted molar refractivity (Wildman–Crippen MR) is 82.0 cm³/mol. The lowest BCUT2D eigenvalue weighted by atomic mass is 9.97. The molecule has 0 radical (unpaired) electrons. The maximum absolute atomic E-state index is 12.7. The molecule has 0 unspecified atom stereocenters. The van der Waals surface area contributed by atoms with Crippen LogP contribution >= 0.6 is 0 Å². The molecule has 1 fully saturated rings. The second kappa shape index (κ2) is 5.94. The highest BCUT2D eigenvalue weighted by atomic mass is 32.2. The van der Waals surface area contributed by atoms with E-state index in [4.69, 9.17) is 0 Å². The second-order valence-corrected chi connectivity index (χ2v) is 7.70. The molecule has 0 aliphatic carbocycles. The number of carbonyl (C=O) groups is 1. The van der Waals surface area contributed by atoms with E-state index >= 15 is 0 Å². The number of amides is 1. The van der Waals surface area contributed by atoms with E-state index in [2.05, 4.69) is 10.3 Å². The van der Waals surface area contributed by atoms with Gasteiger partial charge in [-0.2, -0.15) is 4.31 Å². The van der Waals surface area contributed by atoms with E-state index in [1.165, 1.54) is 10.6 Å². The van der Waals surface area contributed by atoms with E-state index in [1.807, 2.05) is 4.90 Å². The number of fused-ring (bicyclic) bond motifs is 1. The largest absolute Gasteiger partial charge is 0.336 e. The van der Waals surface area contributed by atoms with Gasteiger partial charge in [-0.3, -0.25) is 9.78 Å². The van der Waals surface area contributed by atoms with Crippen molar-refractivity contribution in [2.24, 2.45) is 0 Å². The molecular weight excluding hydrogens is 304 g/mol. The highest BCUT2D eigenvalue weighted by molar-refractivity contribution is 7.88. The Morgan fingerprint density at radius 2 is 1.95 bits per heavy atom. The summed E-state index contributed by atoms with van der Waals surface area (Å²) in [5, 5.41) is 3.22. The van der Waals surface area contributed by atoms with Crippen molar-refractivity contribution in [3.05, 3.63) is 29.1 Å². The van der Waals surface area contributed by atoms with E-state index in [1.54, 1.807) is 12.4 Å². The molecule has 1 N–H and O–H groups in total. The first-order chi connectivity index (χ1) is 10.5. The molecule has 0 aromatic carbocycles. The summed E-state index contributed by atoms with van der Waals surface area (Å²) in [5.41, 5.74) is 2.39. The van der Waals surface area contributed by atoms with Crippen molar-refractivity contribution in [3.8, 4) is 0 Å². The van der Waals surface area contributed by atoms with Crippen LogP contribution in [0.5, 0.6) is 0 Å². The van der Waals surface area contributed by atoms with E-state index < -0.39 is 10.0 Å². The smallest absolute Gasteiger partial charge is 0.255 e. The first-order valence-corrected chi connectivity index (χ1v) is 9.22. The van der Waals surface area contributed by atoms with Crippen LogP contribution in [0, 0.1) is 0 Å². The molecule has 7 nitrogen and oxygen atoms in total. The van der Waals surface area contributed by atoms with Crippen LogP contribution in [0.15, 0.2) is 12.4 Å². The lowest BCUT2D eigenvalue weighted by Crippen LogP contribution is -2.47. The zero-order valence-corrected chi connectivity index (χ0v) is 13.4. The van der Waals surface area contributed by atoms with E-state index in [9.17, 15) is 13.2 Å². The number of piperazine rings is 1. The summed E-state index contributed by atoms with van der Waals surface area (Å²) in [6, 6.07) is 0. The fourth-order valence-corrected chi connectivity index (χ4v) is 3.77. The molecule has 0 saturated carbocycles. The van der Waals surface area contributed by atoms with Gasteiger partial charge in [0.1, 0.15) is 0 Å². The molecule has 0 spiro atoms. The molecule has 8 heteroatoms. The molecule has 1 amide bonds. The van der Waals surface area contributed by atoms with Gasteiger partial charge in [0.15, 0.2) is 0 Å². The third-order valence-corrected chi connectivity index (χ3v) is 5.46. The zero-order chi connectivity index (χ0) is 15.7. The van der Waals surface area contributed by atoms with Gasteiger partial charge in [-0.1, -0.05) is 0 Å². The van der Waals surface area contributed by atoms with Crippen LogP contribution in [0.1, 0.15) is 21.5 Å². The maximum Gasteiger partial charge on any atom is 0.255 e. The molecule has 1 saturated heterocycles. The molecule has 0 atom stereocenters. The molecular formula is C14H20N4O3S. The number of nitrogens with one attached hydrogen (secondary N) is 1. The number of aromatic nitrogens is 1. The Balaban J connectivity index is 1.88. The van der Waals surface area contributed by atoms with Crippen LogP contribution in [0.2, 0.25) is 0 Å². The summed E-state index contributed by atoms with van der Waals surface area (Å²) in [4.78, 5) is 18.7. The van der Waals surface area contributed by atoms with Gasteiger partial charge in [0.25, 0.3) is 5.91 Å². The fourth-order valence-electron chi connectivity index (χ4n) is 2.97. The Bertz CT molecular complexity index is 683. The fraction of sp³-hybridized carbons (Fsp3) is 0.571. The Hall–Kier alpha value is -1.51. The summed E-state index contributed by atoms with van der Waals surface area (Å²) < 4.78 is 24.8. The maximum atomic E-state index is 12.7. The van der Waals surface area contributed by atoms with Crippen molar-refractivity contribution in [2.45, 2.75) is 13.0 Å². The number of nitrogens with zero attached hydrogens (tertiary/aromatic N) is 3. The van der Waals surface area contributed by atoms with Crippen molar-refractivity contribution in [1.29, 1.82) is 0 Å². The third kappa shape index (κ3) is 2.99. The van der Waals surface area contributed by atoms with Crippen molar-refractivity contribution in [3.63, 3.8) is 0 Å². The summed E-state index contributed by atoms with van der Waals surface area (Å²) in [6.45, 7) is 3.70. The minimum absolute atomic E-state index is 0.00124. The van der Waals surface area contributed by atoms with Gasteiger partial charge in [0.2, 0.25) is 10.0 Å². The van der Waals surface area contributed by atoms with Gasteiger partial charge in [0, 0.05) is 51.7 Å². The Labute approximate surface area is 130 Å². The number of pyridine rings is 1.